The van der Waals surface area contributed by atoms with Gasteiger partial charge in [-0.2, -0.15) is 0 Å². The number of aliphatic carboxylic acids is 1. The first-order valence-corrected chi connectivity index (χ1v) is 4.72. The van der Waals surface area contributed by atoms with Gasteiger partial charge in [0.2, 0.25) is 0 Å². The molecular weight excluding hydrogens is 194 g/mol. The fourth-order valence-corrected chi connectivity index (χ4v) is 2.04. The number of hydrogen-bond acceptors (Lipinski definition) is 3. The average molecular weight is 205 g/mol. The Kier molecular flexibility index (Phi) is 2.07. The van der Waals surface area contributed by atoms with E-state index in [1.54, 1.807) is 18.5 Å². The predicted molar refractivity (Wildman–Crippen MR) is 52.5 cm³/mol. The molecule has 2 rings (SSSR count). The summed E-state index contributed by atoms with van der Waals surface area (Å²) in [6.45, 7) is 1.84. The van der Waals surface area contributed by atoms with E-state index in [2.05, 4.69) is 4.98 Å². The smallest absolute Gasteiger partial charge is 0.315 e. The van der Waals surface area contributed by atoms with Gasteiger partial charge in [0.15, 0.2) is 0 Å². The van der Waals surface area contributed by atoms with E-state index in [0.29, 0.717) is 5.56 Å². The van der Waals surface area contributed by atoms with Gasteiger partial charge < -0.3 is 5.11 Å². The van der Waals surface area contributed by atoms with Gasteiger partial charge in [0.05, 0.1) is 0 Å². The van der Waals surface area contributed by atoms with E-state index in [4.69, 9.17) is 0 Å². The summed E-state index contributed by atoms with van der Waals surface area (Å²) in [6, 6.07) is 1.77. The van der Waals surface area contributed by atoms with E-state index < -0.39 is 11.4 Å². The normalized spacial score (nSPS) is 18.3. The molecular formula is C11H11NO3. The number of aromatic nitrogens is 1. The van der Waals surface area contributed by atoms with Crippen LogP contribution in [0.3, 0.4) is 0 Å². The quantitative estimate of drug-likeness (QED) is 0.784. The lowest BCUT2D eigenvalue weighted by Crippen LogP contribution is -2.48. The lowest BCUT2D eigenvalue weighted by atomic mass is 9.63. The zero-order valence-corrected chi connectivity index (χ0v) is 8.36. The van der Waals surface area contributed by atoms with Crippen molar-refractivity contribution < 1.29 is 14.7 Å². The highest BCUT2D eigenvalue weighted by Gasteiger charge is 2.52. The minimum Gasteiger partial charge on any atom is -0.481 e. The molecule has 4 nitrogen and oxygen atoms in total. The maximum absolute atomic E-state index is 11.2. The van der Waals surface area contributed by atoms with Crippen molar-refractivity contribution in [3.05, 3.63) is 29.6 Å². The summed E-state index contributed by atoms with van der Waals surface area (Å²) < 4.78 is 0. The summed E-state index contributed by atoms with van der Waals surface area (Å²) in [7, 11) is 0. The molecule has 4 heteroatoms. The molecule has 1 N–H and O–H groups in total. The topological polar surface area (TPSA) is 67.3 Å². The summed E-state index contributed by atoms with van der Waals surface area (Å²) in [5, 5.41) is 9.20. The van der Waals surface area contributed by atoms with Crippen LogP contribution in [-0.2, 0) is 15.0 Å². The fraction of sp³-hybridized carbons (Fsp3) is 0.364. The second-order valence-electron chi connectivity index (χ2n) is 3.97. The zero-order valence-electron chi connectivity index (χ0n) is 8.36. The van der Waals surface area contributed by atoms with Crippen LogP contribution in [0.4, 0.5) is 0 Å². The Morgan fingerprint density at radius 3 is 2.67 bits per heavy atom. The molecule has 0 radical (unpaired) electrons. The fourth-order valence-electron chi connectivity index (χ4n) is 2.04. The maximum Gasteiger partial charge on any atom is 0.315 e. The lowest BCUT2D eigenvalue weighted by molar-refractivity contribution is -0.153. The molecule has 1 saturated carbocycles. The van der Waals surface area contributed by atoms with Gasteiger partial charge in [-0.25, -0.2) is 0 Å². The van der Waals surface area contributed by atoms with Crippen LogP contribution in [0.2, 0.25) is 0 Å². The van der Waals surface area contributed by atoms with Crippen molar-refractivity contribution in [3.63, 3.8) is 0 Å². The number of ketones is 1. The van der Waals surface area contributed by atoms with E-state index in [-0.39, 0.29) is 18.6 Å². The number of nitrogens with zero attached hydrogens (tertiary/aromatic N) is 1. The number of hydrogen-bond donors (Lipinski definition) is 1. The second-order valence-corrected chi connectivity index (χ2v) is 3.97. The monoisotopic (exact) mass is 205 g/mol. The molecule has 1 aliphatic rings. The molecule has 0 saturated heterocycles. The Morgan fingerprint density at radius 1 is 1.53 bits per heavy atom. The lowest BCUT2D eigenvalue weighted by Gasteiger charge is -2.37. The molecule has 0 aliphatic heterocycles. The van der Waals surface area contributed by atoms with Crippen molar-refractivity contribution in [2.24, 2.45) is 0 Å². The number of carboxylic acids is 1. The van der Waals surface area contributed by atoms with E-state index >= 15 is 0 Å². The van der Waals surface area contributed by atoms with Gasteiger partial charge in [0.25, 0.3) is 0 Å². The van der Waals surface area contributed by atoms with Crippen molar-refractivity contribution in [1.82, 2.24) is 4.98 Å². The molecule has 0 bridgehead atoms. The molecule has 1 aromatic heterocycles. The van der Waals surface area contributed by atoms with Crippen LogP contribution in [0.15, 0.2) is 18.5 Å². The highest BCUT2D eigenvalue weighted by molar-refractivity contribution is 6.01. The summed E-state index contributed by atoms with van der Waals surface area (Å²) in [6.07, 6.45) is 3.36. The molecule has 1 heterocycles. The van der Waals surface area contributed by atoms with E-state index in [1.807, 2.05) is 6.92 Å². The Bertz CT molecular complexity index is 431. The van der Waals surface area contributed by atoms with Gasteiger partial charge >= 0.3 is 5.97 Å². The average Bonchev–Trinajstić information content (AvgIpc) is 2.13. The van der Waals surface area contributed by atoms with Gasteiger partial charge in [-0.1, -0.05) is 0 Å². The molecule has 1 aromatic rings. The minimum absolute atomic E-state index is 0.000605. The minimum atomic E-state index is -1.02. The highest BCUT2D eigenvalue weighted by atomic mass is 16.4. The molecule has 0 amide bonds. The van der Waals surface area contributed by atoms with E-state index in [1.165, 1.54) is 0 Å². The Balaban J connectivity index is 2.48. The first-order valence-electron chi connectivity index (χ1n) is 4.72. The summed E-state index contributed by atoms with van der Waals surface area (Å²) >= 11 is 0. The van der Waals surface area contributed by atoms with Crippen LogP contribution in [-0.4, -0.2) is 21.8 Å². The van der Waals surface area contributed by atoms with Crippen molar-refractivity contribution in [2.45, 2.75) is 25.2 Å². The summed E-state index contributed by atoms with van der Waals surface area (Å²) in [4.78, 5) is 26.2. The number of rotatable bonds is 2. The van der Waals surface area contributed by atoms with Gasteiger partial charge in [-0.05, 0) is 24.1 Å². The number of carboxylic acid groups (broad SMARTS) is 1. The molecule has 1 fully saturated rings. The van der Waals surface area contributed by atoms with Crippen LogP contribution < -0.4 is 0 Å². The number of Topliss-reactive ketones (excluding diaryl/α,β-unsaturated/α-hetero) is 1. The van der Waals surface area contributed by atoms with Crippen LogP contribution >= 0.6 is 0 Å². The van der Waals surface area contributed by atoms with E-state index in [9.17, 15) is 14.7 Å². The maximum atomic E-state index is 11.2. The molecule has 0 aromatic carbocycles. The van der Waals surface area contributed by atoms with Crippen molar-refractivity contribution in [3.8, 4) is 0 Å². The first-order chi connectivity index (χ1) is 7.06. The number of aryl methyl sites for hydroxylation is 1. The summed E-state index contributed by atoms with van der Waals surface area (Å²) in [5.74, 6) is -0.932. The zero-order chi connectivity index (χ0) is 11.1. The third-order valence-corrected chi connectivity index (χ3v) is 2.96. The predicted octanol–water partition coefficient (Wildman–Crippen LogP) is 1.08. The third-order valence-electron chi connectivity index (χ3n) is 2.96. The van der Waals surface area contributed by atoms with Crippen LogP contribution in [0.1, 0.15) is 24.0 Å². The van der Waals surface area contributed by atoms with Crippen molar-refractivity contribution in [2.75, 3.05) is 0 Å². The highest BCUT2D eigenvalue weighted by Crippen LogP contribution is 2.42. The largest absolute Gasteiger partial charge is 0.481 e. The summed E-state index contributed by atoms with van der Waals surface area (Å²) in [5.41, 5.74) is 0.520. The third kappa shape index (κ3) is 1.33. The Morgan fingerprint density at radius 2 is 2.20 bits per heavy atom. The number of pyridine rings is 1. The molecule has 15 heavy (non-hydrogen) atoms. The molecule has 0 atom stereocenters. The molecule has 78 valence electrons. The Hall–Kier alpha value is -1.71. The van der Waals surface area contributed by atoms with Gasteiger partial charge in [0, 0.05) is 25.2 Å². The van der Waals surface area contributed by atoms with Crippen molar-refractivity contribution in [1.29, 1.82) is 0 Å². The molecule has 0 unspecified atom stereocenters. The van der Waals surface area contributed by atoms with E-state index in [0.717, 1.165) is 5.56 Å². The molecule has 0 spiro atoms. The van der Waals surface area contributed by atoms with Gasteiger partial charge in [0.1, 0.15) is 11.2 Å². The van der Waals surface area contributed by atoms with Crippen LogP contribution in [0, 0.1) is 6.92 Å². The Labute approximate surface area is 87.0 Å². The van der Waals surface area contributed by atoms with Crippen molar-refractivity contribution >= 4 is 11.8 Å². The number of carbonyl (C=O) groups is 2. The standard InChI is InChI=1S/C11H11NO3/c1-7-2-3-12-6-9(7)11(10(14)15)4-8(13)5-11/h2-3,6H,4-5H2,1H3,(H,14,15). The van der Waals surface area contributed by atoms with Gasteiger partial charge in [-0.3, -0.25) is 14.6 Å². The first kappa shape index (κ1) is 9.83. The second kappa shape index (κ2) is 3.15. The van der Waals surface area contributed by atoms with Gasteiger partial charge in [-0.15, -0.1) is 0 Å². The molecule has 1 aliphatic carbocycles. The van der Waals surface area contributed by atoms with Crippen LogP contribution in [0.5, 0.6) is 0 Å². The number of carbonyl (C=O) groups excluding carboxylic acids is 1. The SMILES string of the molecule is Cc1ccncc1C1(C(=O)O)CC(=O)C1. The van der Waals surface area contributed by atoms with Crippen LogP contribution in [0.25, 0.3) is 0 Å².